The second kappa shape index (κ2) is 19.4. The van der Waals surface area contributed by atoms with Crippen molar-refractivity contribution in [1.82, 2.24) is 10.6 Å². The highest BCUT2D eigenvalue weighted by molar-refractivity contribution is 8.00. The smallest absolute Gasteiger partial charge is 0.328 e. The van der Waals surface area contributed by atoms with Gasteiger partial charge in [-0.25, -0.2) is 4.79 Å². The summed E-state index contributed by atoms with van der Waals surface area (Å²) in [5.74, 6) is -0.491. The van der Waals surface area contributed by atoms with Crippen molar-refractivity contribution in [1.29, 1.82) is 0 Å². The third-order valence-electron chi connectivity index (χ3n) is 10.6. The third kappa shape index (κ3) is 9.18. The molecule has 59 heavy (non-hydrogen) atoms. The Morgan fingerprint density at radius 2 is 0.915 bits per heavy atom. The highest BCUT2D eigenvalue weighted by atomic mass is 32.2. The molecule has 3 N–H and O–H groups in total. The van der Waals surface area contributed by atoms with Gasteiger partial charge in [-0.1, -0.05) is 194 Å². The van der Waals surface area contributed by atoms with E-state index >= 15 is 4.79 Å². The predicted octanol–water partition coefficient (Wildman–Crippen LogP) is 9.66. The molecule has 7 aromatic carbocycles. The molecule has 0 radical (unpaired) electrons. The lowest BCUT2D eigenvalue weighted by atomic mass is 9.76. The number of nitrogens with one attached hydrogen (secondary N) is 2. The van der Waals surface area contributed by atoms with Crippen LogP contribution in [-0.2, 0) is 31.0 Å². The summed E-state index contributed by atoms with van der Waals surface area (Å²) in [5.41, 5.74) is 5.82. The molecular formula is C52H48N2O4S. The Hall–Kier alpha value is -6.41. The molecule has 0 heterocycles. The monoisotopic (exact) mass is 796 g/mol. The Morgan fingerprint density at radius 1 is 0.542 bits per heavy atom. The average Bonchev–Trinajstić information content (AvgIpc) is 3.30. The first kappa shape index (κ1) is 40.8. The molecule has 0 aliphatic carbocycles. The minimum atomic E-state index is -1.00. The van der Waals surface area contributed by atoms with Crippen molar-refractivity contribution in [3.8, 4) is 5.75 Å². The van der Waals surface area contributed by atoms with Crippen LogP contribution < -0.4 is 10.6 Å². The largest absolute Gasteiger partial charge is 0.508 e. The number of hydrogen-bond acceptors (Lipinski definition) is 6. The number of carbonyl (C=O) groups is 2. The Balaban J connectivity index is 1.40. The quantitative estimate of drug-likeness (QED) is 0.0629. The number of thioether (sulfide) groups is 1. The van der Waals surface area contributed by atoms with E-state index in [-0.39, 0.29) is 30.4 Å². The number of amides is 1. The maximum atomic E-state index is 15.4. The molecule has 6 nitrogen and oxygen atoms in total. The first-order chi connectivity index (χ1) is 28.9. The highest BCUT2D eigenvalue weighted by Gasteiger charge is 2.43. The van der Waals surface area contributed by atoms with Gasteiger partial charge in [0.25, 0.3) is 0 Å². The maximum absolute atomic E-state index is 15.4. The van der Waals surface area contributed by atoms with Crippen LogP contribution in [0.5, 0.6) is 5.75 Å². The summed E-state index contributed by atoms with van der Waals surface area (Å²) in [6.07, 6.45) is 0.175. The topological polar surface area (TPSA) is 87.7 Å². The summed E-state index contributed by atoms with van der Waals surface area (Å²) in [5, 5.41) is 17.1. The van der Waals surface area contributed by atoms with Crippen LogP contribution in [0.2, 0.25) is 0 Å². The van der Waals surface area contributed by atoms with Gasteiger partial charge in [0.2, 0.25) is 5.91 Å². The van der Waals surface area contributed by atoms with E-state index in [2.05, 4.69) is 120 Å². The normalized spacial score (nSPS) is 12.6. The average molecular weight is 797 g/mol. The summed E-state index contributed by atoms with van der Waals surface area (Å²) in [7, 11) is 0. The van der Waals surface area contributed by atoms with E-state index in [1.165, 1.54) is 0 Å². The molecule has 0 spiro atoms. The Labute approximate surface area is 351 Å². The van der Waals surface area contributed by atoms with Crippen LogP contribution in [0.1, 0.15) is 45.9 Å². The lowest BCUT2D eigenvalue weighted by Crippen LogP contribution is -2.58. The molecule has 296 valence electrons. The summed E-state index contributed by atoms with van der Waals surface area (Å²) in [6.45, 7) is 1.91. The van der Waals surface area contributed by atoms with Crippen molar-refractivity contribution < 1.29 is 19.4 Å². The summed E-state index contributed by atoms with van der Waals surface area (Å²) in [6, 6.07) is 66.6. The second-order valence-corrected chi connectivity index (χ2v) is 15.6. The van der Waals surface area contributed by atoms with E-state index in [0.717, 1.165) is 38.9 Å². The fourth-order valence-electron chi connectivity index (χ4n) is 7.81. The van der Waals surface area contributed by atoms with Crippen molar-refractivity contribution in [2.24, 2.45) is 0 Å². The fraction of sp³-hybridized carbons (Fsp3) is 0.154. The van der Waals surface area contributed by atoms with E-state index in [1.807, 2.05) is 72.8 Å². The van der Waals surface area contributed by atoms with Gasteiger partial charge in [-0.2, -0.15) is 0 Å². The van der Waals surface area contributed by atoms with Crippen LogP contribution in [0.15, 0.2) is 206 Å². The zero-order valence-corrected chi connectivity index (χ0v) is 33.8. The summed E-state index contributed by atoms with van der Waals surface area (Å²) >= 11 is 1.68. The predicted molar refractivity (Wildman–Crippen MR) is 238 cm³/mol. The SMILES string of the molecule is CCOC(=O)[C@H](Cc1ccc(O)cc1)NC(=O)[C@H](CSC(c1ccccc1)(c1ccccc1)c1ccccc1)NC(c1ccccc1)(c1ccccc1)c1ccccc1. The lowest BCUT2D eigenvalue weighted by Gasteiger charge is -2.41. The Morgan fingerprint density at radius 3 is 1.29 bits per heavy atom. The van der Waals surface area contributed by atoms with Crippen LogP contribution in [0.4, 0.5) is 0 Å². The van der Waals surface area contributed by atoms with Gasteiger partial charge in [0, 0.05) is 12.2 Å². The molecule has 7 aromatic rings. The van der Waals surface area contributed by atoms with Crippen LogP contribution in [0.25, 0.3) is 0 Å². The molecule has 0 unspecified atom stereocenters. The van der Waals surface area contributed by atoms with E-state index in [0.29, 0.717) is 0 Å². The molecule has 7 heteroatoms. The molecule has 0 aliphatic heterocycles. The van der Waals surface area contributed by atoms with Crippen molar-refractivity contribution in [3.63, 3.8) is 0 Å². The van der Waals surface area contributed by atoms with Crippen LogP contribution in [-0.4, -0.2) is 41.4 Å². The van der Waals surface area contributed by atoms with E-state index in [4.69, 9.17) is 4.74 Å². The Bertz CT molecular complexity index is 2170. The van der Waals surface area contributed by atoms with Gasteiger partial charge >= 0.3 is 5.97 Å². The Kier molecular flexibility index (Phi) is 13.4. The molecule has 0 saturated heterocycles. The number of ether oxygens (including phenoxy) is 1. The summed E-state index contributed by atoms with van der Waals surface area (Å²) < 4.78 is 4.82. The van der Waals surface area contributed by atoms with E-state index < -0.39 is 28.3 Å². The molecular weight excluding hydrogens is 749 g/mol. The molecule has 0 aromatic heterocycles. The number of benzene rings is 7. The first-order valence-corrected chi connectivity index (χ1v) is 20.9. The van der Waals surface area contributed by atoms with Gasteiger partial charge in [0.1, 0.15) is 11.8 Å². The van der Waals surface area contributed by atoms with Crippen molar-refractivity contribution in [3.05, 3.63) is 245 Å². The molecule has 0 bridgehead atoms. The third-order valence-corrected chi connectivity index (χ3v) is 12.2. The van der Waals surface area contributed by atoms with Crippen molar-refractivity contribution >= 4 is 23.6 Å². The molecule has 1 amide bonds. The maximum Gasteiger partial charge on any atom is 0.328 e. The molecule has 0 saturated carbocycles. The van der Waals surface area contributed by atoms with Crippen LogP contribution >= 0.6 is 11.8 Å². The van der Waals surface area contributed by atoms with Gasteiger partial charge in [-0.3, -0.25) is 10.1 Å². The zero-order chi connectivity index (χ0) is 40.9. The van der Waals surface area contributed by atoms with Crippen LogP contribution in [0.3, 0.4) is 0 Å². The lowest BCUT2D eigenvalue weighted by molar-refractivity contribution is -0.147. The van der Waals surface area contributed by atoms with Crippen molar-refractivity contribution in [2.45, 2.75) is 35.7 Å². The van der Waals surface area contributed by atoms with Gasteiger partial charge in [-0.05, 0) is 58.0 Å². The minimum absolute atomic E-state index is 0.115. The van der Waals surface area contributed by atoms with Crippen molar-refractivity contribution in [2.75, 3.05) is 12.4 Å². The first-order valence-electron chi connectivity index (χ1n) is 19.9. The fourth-order valence-corrected chi connectivity index (χ4v) is 9.37. The second-order valence-electron chi connectivity index (χ2n) is 14.3. The molecule has 2 atom stereocenters. The summed E-state index contributed by atoms with van der Waals surface area (Å²) in [4.78, 5) is 29.1. The number of rotatable bonds is 17. The number of phenolic OH excluding ortho intramolecular Hbond substituents is 1. The van der Waals surface area contributed by atoms with Gasteiger partial charge in [-0.15, -0.1) is 11.8 Å². The van der Waals surface area contributed by atoms with Crippen LogP contribution in [0, 0.1) is 0 Å². The van der Waals surface area contributed by atoms with Gasteiger partial charge in [0.05, 0.1) is 22.9 Å². The number of hydrogen-bond donors (Lipinski definition) is 3. The minimum Gasteiger partial charge on any atom is -0.508 e. The molecule has 0 fully saturated rings. The standard InChI is InChI=1S/C52H48N2O4S/c1-2-58-50(57)47(37-39-33-35-46(55)36-34-39)53-49(56)48(54-51(40-21-9-3-10-22-40,41-23-11-4-12-24-41)42-25-13-5-14-26-42)38-59-52(43-27-15-6-16-28-43,44-29-17-7-18-30-44)45-31-19-8-20-32-45/h3-36,47-48,54-55H,2,37-38H2,1H3,(H,53,56)/t47-,48-/m0/s1. The number of aromatic hydroxyl groups is 1. The molecule has 7 rings (SSSR count). The number of esters is 1. The van der Waals surface area contributed by atoms with E-state index in [9.17, 15) is 9.90 Å². The highest BCUT2D eigenvalue weighted by Crippen LogP contribution is 2.49. The van der Waals surface area contributed by atoms with Gasteiger partial charge in [0.15, 0.2) is 0 Å². The number of phenols is 1. The zero-order valence-electron chi connectivity index (χ0n) is 33.0. The van der Waals surface area contributed by atoms with Gasteiger partial charge < -0.3 is 15.2 Å². The number of carbonyl (C=O) groups excluding carboxylic acids is 2. The van der Waals surface area contributed by atoms with E-state index in [1.54, 1.807) is 43.0 Å². The molecule has 0 aliphatic rings.